The minimum Gasteiger partial charge on any atom is -0.361 e. The van der Waals surface area contributed by atoms with Gasteiger partial charge in [0.1, 0.15) is 11.6 Å². The van der Waals surface area contributed by atoms with E-state index in [9.17, 15) is 4.39 Å². The monoisotopic (exact) mass is 396 g/mol. The Morgan fingerprint density at radius 3 is 2.69 bits per heavy atom. The maximum atomic E-state index is 13.3. The average molecular weight is 397 g/mol. The number of aliphatic imine (C=N–C) groups is 1. The molecule has 7 heteroatoms. The summed E-state index contributed by atoms with van der Waals surface area (Å²) in [5.41, 5.74) is 3.07. The standard InChI is InChI=1S/C22H29FN6/c1-4-29(5-2)21-9-6-16(13-27-21)14-28-22(24-3)25-11-10-17-15-26-20-12-18(23)7-8-19(17)20/h6-9,12-13,15,26H,4-5,10-11,14H2,1-3H3,(H2,24,25,28). The lowest BCUT2D eigenvalue weighted by atomic mass is 10.1. The summed E-state index contributed by atoms with van der Waals surface area (Å²) in [6, 6.07) is 8.98. The van der Waals surface area contributed by atoms with Crippen molar-refractivity contribution in [1.82, 2.24) is 20.6 Å². The number of nitrogens with zero attached hydrogens (tertiary/aromatic N) is 3. The molecule has 0 saturated carbocycles. The molecule has 0 radical (unpaired) electrons. The van der Waals surface area contributed by atoms with Gasteiger partial charge in [-0.2, -0.15) is 0 Å². The predicted octanol–water partition coefficient (Wildman–Crippen LogP) is 3.46. The van der Waals surface area contributed by atoms with Gasteiger partial charge in [0.15, 0.2) is 5.96 Å². The molecule has 29 heavy (non-hydrogen) atoms. The fourth-order valence-electron chi connectivity index (χ4n) is 3.34. The summed E-state index contributed by atoms with van der Waals surface area (Å²) in [6.45, 7) is 7.53. The maximum Gasteiger partial charge on any atom is 0.191 e. The summed E-state index contributed by atoms with van der Waals surface area (Å²) >= 11 is 0. The summed E-state index contributed by atoms with van der Waals surface area (Å²) in [7, 11) is 1.76. The van der Waals surface area contributed by atoms with Crippen LogP contribution in [0.2, 0.25) is 0 Å². The minimum atomic E-state index is -0.228. The molecule has 3 rings (SSSR count). The maximum absolute atomic E-state index is 13.3. The highest BCUT2D eigenvalue weighted by Crippen LogP contribution is 2.19. The van der Waals surface area contributed by atoms with Crippen LogP contribution in [0.4, 0.5) is 10.2 Å². The van der Waals surface area contributed by atoms with Crippen molar-refractivity contribution in [2.75, 3.05) is 31.6 Å². The predicted molar refractivity (Wildman–Crippen MR) is 118 cm³/mol. The number of halogens is 1. The lowest BCUT2D eigenvalue weighted by Gasteiger charge is -2.19. The zero-order valence-electron chi connectivity index (χ0n) is 17.3. The number of aromatic nitrogens is 2. The first-order chi connectivity index (χ1) is 14.1. The van der Waals surface area contributed by atoms with Gasteiger partial charge in [-0.15, -0.1) is 0 Å². The topological polar surface area (TPSA) is 68.3 Å². The van der Waals surface area contributed by atoms with Crippen molar-refractivity contribution in [2.24, 2.45) is 4.99 Å². The van der Waals surface area contributed by atoms with Crippen molar-refractivity contribution in [3.05, 3.63) is 59.7 Å². The summed E-state index contributed by atoms with van der Waals surface area (Å²) < 4.78 is 13.3. The first kappa shape index (κ1) is 20.6. The third-order valence-corrected chi connectivity index (χ3v) is 5.00. The van der Waals surface area contributed by atoms with Crippen molar-refractivity contribution in [3.8, 4) is 0 Å². The number of H-pyrrole nitrogens is 1. The number of fused-ring (bicyclic) bond motifs is 1. The molecule has 0 aliphatic carbocycles. The van der Waals surface area contributed by atoms with Gasteiger partial charge in [-0.05, 0) is 55.7 Å². The van der Waals surface area contributed by atoms with Gasteiger partial charge in [0.2, 0.25) is 0 Å². The third kappa shape index (κ3) is 5.25. The van der Waals surface area contributed by atoms with Gasteiger partial charge in [0, 0.05) is 56.5 Å². The summed E-state index contributed by atoms with van der Waals surface area (Å²) in [6.07, 6.45) is 4.65. The van der Waals surface area contributed by atoms with E-state index in [1.807, 2.05) is 18.5 Å². The van der Waals surface area contributed by atoms with Gasteiger partial charge < -0.3 is 20.5 Å². The largest absolute Gasteiger partial charge is 0.361 e. The number of hydrogen-bond donors (Lipinski definition) is 3. The number of pyridine rings is 1. The molecule has 0 fully saturated rings. The van der Waals surface area contributed by atoms with Crippen LogP contribution in [-0.2, 0) is 13.0 Å². The molecule has 3 aromatic rings. The van der Waals surface area contributed by atoms with Crippen LogP contribution < -0.4 is 15.5 Å². The highest BCUT2D eigenvalue weighted by Gasteiger charge is 2.06. The molecule has 2 aromatic heterocycles. The summed E-state index contributed by atoms with van der Waals surface area (Å²) in [5, 5.41) is 7.69. The Hall–Kier alpha value is -3.09. The highest BCUT2D eigenvalue weighted by molar-refractivity contribution is 5.83. The van der Waals surface area contributed by atoms with Gasteiger partial charge in [-0.25, -0.2) is 9.37 Å². The van der Waals surface area contributed by atoms with Crippen LogP contribution in [-0.4, -0.2) is 42.6 Å². The van der Waals surface area contributed by atoms with E-state index in [1.165, 1.54) is 12.1 Å². The van der Waals surface area contributed by atoms with Gasteiger partial charge in [0.05, 0.1) is 0 Å². The Kier molecular flexibility index (Phi) is 7.05. The van der Waals surface area contributed by atoms with E-state index >= 15 is 0 Å². The molecule has 0 aliphatic heterocycles. The number of rotatable bonds is 8. The summed E-state index contributed by atoms with van der Waals surface area (Å²) in [5.74, 6) is 1.51. The Balaban J connectivity index is 1.49. The second kappa shape index (κ2) is 9.91. The smallest absolute Gasteiger partial charge is 0.191 e. The lowest BCUT2D eigenvalue weighted by Crippen LogP contribution is -2.37. The van der Waals surface area contributed by atoms with Crippen LogP contribution in [0.3, 0.4) is 0 Å². The van der Waals surface area contributed by atoms with Crippen LogP contribution >= 0.6 is 0 Å². The van der Waals surface area contributed by atoms with E-state index in [1.54, 1.807) is 7.05 Å². The molecule has 0 saturated heterocycles. The fraction of sp³-hybridized carbons (Fsp3) is 0.364. The zero-order valence-corrected chi connectivity index (χ0v) is 17.3. The van der Waals surface area contributed by atoms with Crippen LogP contribution in [0.15, 0.2) is 47.7 Å². The van der Waals surface area contributed by atoms with E-state index < -0.39 is 0 Å². The second-order valence-corrected chi connectivity index (χ2v) is 6.80. The van der Waals surface area contributed by atoms with E-state index in [0.29, 0.717) is 6.54 Å². The molecule has 2 heterocycles. The number of benzene rings is 1. The lowest BCUT2D eigenvalue weighted by molar-refractivity contribution is 0.629. The number of hydrogen-bond acceptors (Lipinski definition) is 3. The first-order valence-electron chi connectivity index (χ1n) is 10.0. The quantitative estimate of drug-likeness (QED) is 0.403. The van der Waals surface area contributed by atoms with Crippen LogP contribution in [0, 0.1) is 5.82 Å². The van der Waals surface area contributed by atoms with Crippen molar-refractivity contribution < 1.29 is 4.39 Å². The highest BCUT2D eigenvalue weighted by atomic mass is 19.1. The molecule has 1 aromatic carbocycles. The Morgan fingerprint density at radius 2 is 2.00 bits per heavy atom. The molecule has 154 valence electrons. The molecule has 0 unspecified atom stereocenters. The first-order valence-corrected chi connectivity index (χ1v) is 10.0. The number of aromatic amines is 1. The average Bonchev–Trinajstić information content (AvgIpc) is 3.14. The van der Waals surface area contributed by atoms with E-state index in [4.69, 9.17) is 0 Å². The number of guanidine groups is 1. The van der Waals surface area contributed by atoms with Crippen molar-refractivity contribution in [3.63, 3.8) is 0 Å². The molecule has 0 aliphatic rings. The molecule has 3 N–H and O–H groups in total. The van der Waals surface area contributed by atoms with Crippen LogP contribution in [0.25, 0.3) is 10.9 Å². The van der Waals surface area contributed by atoms with Crippen LogP contribution in [0.1, 0.15) is 25.0 Å². The molecule has 0 spiro atoms. The van der Waals surface area contributed by atoms with E-state index in [-0.39, 0.29) is 5.82 Å². The van der Waals surface area contributed by atoms with Gasteiger partial charge in [-0.1, -0.05) is 6.07 Å². The molecule has 6 nitrogen and oxygen atoms in total. The Bertz CT molecular complexity index is 944. The molecular formula is C22H29FN6. The van der Waals surface area contributed by atoms with Crippen LogP contribution in [0.5, 0.6) is 0 Å². The van der Waals surface area contributed by atoms with Gasteiger partial charge in [-0.3, -0.25) is 4.99 Å². The Labute approximate surface area is 171 Å². The molecule has 0 bridgehead atoms. The Morgan fingerprint density at radius 1 is 1.17 bits per heavy atom. The number of anilines is 1. The molecule has 0 amide bonds. The SMILES string of the molecule is CCN(CC)c1ccc(CNC(=NC)NCCc2c[nH]c3cc(F)ccc23)cn1. The van der Waals surface area contributed by atoms with Gasteiger partial charge >= 0.3 is 0 Å². The van der Waals surface area contributed by atoms with Gasteiger partial charge in [0.25, 0.3) is 0 Å². The normalized spacial score (nSPS) is 11.7. The minimum absolute atomic E-state index is 0.228. The van der Waals surface area contributed by atoms with E-state index in [0.717, 1.165) is 59.9 Å². The molecule has 0 atom stereocenters. The van der Waals surface area contributed by atoms with Crippen molar-refractivity contribution >= 4 is 22.7 Å². The second-order valence-electron chi connectivity index (χ2n) is 6.80. The molecular weight excluding hydrogens is 367 g/mol. The third-order valence-electron chi connectivity index (χ3n) is 5.00. The summed E-state index contributed by atoms with van der Waals surface area (Å²) in [4.78, 5) is 14.2. The van der Waals surface area contributed by atoms with Crippen molar-refractivity contribution in [2.45, 2.75) is 26.8 Å². The fourth-order valence-corrected chi connectivity index (χ4v) is 3.34. The zero-order chi connectivity index (χ0) is 20.6. The van der Waals surface area contributed by atoms with Crippen molar-refractivity contribution in [1.29, 1.82) is 0 Å². The van der Waals surface area contributed by atoms with E-state index in [2.05, 4.69) is 56.5 Å². The number of nitrogens with one attached hydrogen (secondary N) is 3.